The lowest BCUT2D eigenvalue weighted by Crippen LogP contribution is -2.65. The summed E-state index contributed by atoms with van der Waals surface area (Å²) in [5.41, 5.74) is 0.737. The number of hydrogen-bond acceptors (Lipinski definition) is 2. The summed E-state index contributed by atoms with van der Waals surface area (Å²) in [5, 5.41) is 6.16. The fourth-order valence-electron chi connectivity index (χ4n) is 6.03. The summed E-state index contributed by atoms with van der Waals surface area (Å²) in [6, 6.07) is 4.47. The molecule has 4 bridgehead atoms. The second-order valence-corrected chi connectivity index (χ2v) is 8.62. The molecule has 0 heterocycles. The molecule has 2 N–H and O–H groups in total. The standard InChI is InChI=1S/C20H25FN2O2/c1-12-3-4-16(21)6-17(12)22-18(25)19-7-14-5-15(8-19)10-20(9-14,11-19)23-13(2)24/h3-4,6,14-15H,5,7-11H2,1-2H3,(H,22,25)(H,23,24). The minimum atomic E-state index is -0.439. The normalized spacial score (nSPS) is 35.5. The summed E-state index contributed by atoms with van der Waals surface area (Å²) in [5.74, 6) is 0.615. The number of halogens is 1. The molecule has 5 rings (SSSR count). The third-order valence-corrected chi connectivity index (χ3v) is 6.43. The molecule has 0 radical (unpaired) electrons. The molecule has 5 heteroatoms. The molecule has 0 aliphatic heterocycles. The Kier molecular flexibility index (Phi) is 3.67. The van der Waals surface area contributed by atoms with Crippen LogP contribution < -0.4 is 10.6 Å². The first-order valence-electron chi connectivity index (χ1n) is 9.16. The number of nitrogens with one attached hydrogen (secondary N) is 2. The Morgan fingerprint density at radius 3 is 2.48 bits per heavy atom. The first kappa shape index (κ1) is 16.6. The summed E-state index contributed by atoms with van der Waals surface area (Å²) in [6.45, 7) is 3.43. The second kappa shape index (κ2) is 5.55. The van der Waals surface area contributed by atoms with Gasteiger partial charge in [-0.3, -0.25) is 9.59 Å². The van der Waals surface area contributed by atoms with Gasteiger partial charge in [0.05, 0.1) is 5.41 Å². The van der Waals surface area contributed by atoms with E-state index in [4.69, 9.17) is 0 Å². The maximum absolute atomic E-state index is 13.6. The summed E-state index contributed by atoms with van der Waals surface area (Å²) in [6.07, 6.45) is 5.59. The van der Waals surface area contributed by atoms with Gasteiger partial charge < -0.3 is 10.6 Å². The van der Waals surface area contributed by atoms with Gasteiger partial charge >= 0.3 is 0 Å². The van der Waals surface area contributed by atoms with Crippen LogP contribution in [0.25, 0.3) is 0 Å². The number of benzene rings is 1. The smallest absolute Gasteiger partial charge is 0.230 e. The molecule has 2 atom stereocenters. The highest BCUT2D eigenvalue weighted by Gasteiger charge is 2.60. The van der Waals surface area contributed by atoms with Gasteiger partial charge in [-0.25, -0.2) is 4.39 Å². The molecule has 4 aliphatic carbocycles. The van der Waals surface area contributed by atoms with Crippen LogP contribution in [0.1, 0.15) is 51.0 Å². The summed E-state index contributed by atoms with van der Waals surface area (Å²) >= 11 is 0. The fourth-order valence-corrected chi connectivity index (χ4v) is 6.03. The Morgan fingerprint density at radius 1 is 1.16 bits per heavy atom. The zero-order valence-corrected chi connectivity index (χ0v) is 14.8. The molecular weight excluding hydrogens is 319 g/mol. The first-order chi connectivity index (χ1) is 11.8. The zero-order chi connectivity index (χ0) is 17.8. The second-order valence-electron chi connectivity index (χ2n) is 8.62. The Hall–Kier alpha value is -1.91. The van der Waals surface area contributed by atoms with Crippen molar-refractivity contribution in [1.29, 1.82) is 0 Å². The van der Waals surface area contributed by atoms with Gasteiger partial charge in [0.25, 0.3) is 0 Å². The van der Waals surface area contributed by atoms with Crippen molar-refractivity contribution in [2.75, 3.05) is 5.32 Å². The van der Waals surface area contributed by atoms with E-state index in [1.54, 1.807) is 13.0 Å². The van der Waals surface area contributed by atoms with Crippen LogP contribution in [0.3, 0.4) is 0 Å². The fraction of sp³-hybridized carbons (Fsp3) is 0.600. The van der Waals surface area contributed by atoms with Crippen molar-refractivity contribution >= 4 is 17.5 Å². The maximum atomic E-state index is 13.6. The summed E-state index contributed by atoms with van der Waals surface area (Å²) in [4.78, 5) is 24.9. The van der Waals surface area contributed by atoms with Gasteiger partial charge in [0.1, 0.15) is 5.82 Å². The summed E-state index contributed by atoms with van der Waals surface area (Å²) in [7, 11) is 0. The zero-order valence-electron chi connectivity index (χ0n) is 14.8. The molecule has 0 spiro atoms. The molecule has 4 fully saturated rings. The third-order valence-electron chi connectivity index (χ3n) is 6.43. The van der Waals surface area contributed by atoms with E-state index in [2.05, 4.69) is 10.6 Å². The van der Waals surface area contributed by atoms with E-state index in [-0.39, 0.29) is 23.2 Å². The molecule has 0 aromatic heterocycles. The monoisotopic (exact) mass is 344 g/mol. The average Bonchev–Trinajstić information content (AvgIpc) is 2.48. The predicted octanol–water partition coefficient (Wildman–Crippen LogP) is 3.55. The van der Waals surface area contributed by atoms with Gasteiger partial charge in [0.15, 0.2) is 0 Å². The van der Waals surface area contributed by atoms with Crippen molar-refractivity contribution < 1.29 is 14.0 Å². The van der Waals surface area contributed by atoms with E-state index >= 15 is 0 Å². The maximum Gasteiger partial charge on any atom is 0.230 e. The molecule has 2 unspecified atom stereocenters. The number of anilines is 1. The Balaban J connectivity index is 1.61. The molecule has 2 amide bonds. The molecule has 0 saturated heterocycles. The number of hydrogen-bond donors (Lipinski definition) is 2. The highest BCUT2D eigenvalue weighted by atomic mass is 19.1. The number of rotatable bonds is 3. The van der Waals surface area contributed by atoms with Gasteiger partial charge in [-0.1, -0.05) is 6.07 Å². The lowest BCUT2D eigenvalue weighted by molar-refractivity contribution is -0.148. The molecule has 1 aromatic carbocycles. The van der Waals surface area contributed by atoms with Gasteiger partial charge in [-0.2, -0.15) is 0 Å². The van der Waals surface area contributed by atoms with Crippen molar-refractivity contribution in [1.82, 2.24) is 5.32 Å². The van der Waals surface area contributed by atoms with E-state index in [1.165, 1.54) is 12.1 Å². The van der Waals surface area contributed by atoms with Crippen molar-refractivity contribution in [3.8, 4) is 0 Å². The topological polar surface area (TPSA) is 58.2 Å². The molecule has 4 saturated carbocycles. The van der Waals surface area contributed by atoms with Gasteiger partial charge in [-0.05, 0) is 75.0 Å². The minimum absolute atomic E-state index is 0.00923. The van der Waals surface area contributed by atoms with Crippen molar-refractivity contribution in [2.24, 2.45) is 17.3 Å². The molecule has 4 nitrogen and oxygen atoms in total. The molecule has 25 heavy (non-hydrogen) atoms. The minimum Gasteiger partial charge on any atom is -0.351 e. The summed E-state index contributed by atoms with van der Waals surface area (Å²) < 4.78 is 13.6. The van der Waals surface area contributed by atoms with E-state index < -0.39 is 5.41 Å². The van der Waals surface area contributed by atoms with Crippen molar-refractivity contribution in [2.45, 2.75) is 57.9 Å². The number of amides is 2. The third kappa shape index (κ3) is 2.83. The van der Waals surface area contributed by atoms with Gasteiger partial charge in [0, 0.05) is 18.2 Å². The Bertz CT molecular complexity index is 731. The molecule has 134 valence electrons. The van der Waals surface area contributed by atoms with Crippen LogP contribution in [0.4, 0.5) is 10.1 Å². The SMILES string of the molecule is CC(=O)NC12CC3CC(C1)CC(C(=O)Nc1cc(F)ccc1C)(C3)C2. The van der Waals surface area contributed by atoms with Crippen LogP contribution in [0, 0.1) is 30.0 Å². The van der Waals surface area contributed by atoms with Crippen LogP contribution in [-0.4, -0.2) is 17.4 Å². The van der Waals surface area contributed by atoms with Crippen molar-refractivity contribution in [3.05, 3.63) is 29.6 Å². The number of carbonyl (C=O) groups is 2. The quantitative estimate of drug-likeness (QED) is 0.881. The predicted molar refractivity (Wildman–Crippen MR) is 93.4 cm³/mol. The van der Waals surface area contributed by atoms with E-state index in [9.17, 15) is 14.0 Å². The Morgan fingerprint density at radius 2 is 1.84 bits per heavy atom. The van der Waals surface area contributed by atoms with E-state index in [0.29, 0.717) is 23.9 Å². The highest BCUT2D eigenvalue weighted by Crippen LogP contribution is 2.61. The largest absolute Gasteiger partial charge is 0.351 e. The van der Waals surface area contributed by atoms with E-state index in [0.717, 1.165) is 37.7 Å². The van der Waals surface area contributed by atoms with Crippen LogP contribution >= 0.6 is 0 Å². The van der Waals surface area contributed by atoms with Crippen LogP contribution in [0.5, 0.6) is 0 Å². The van der Waals surface area contributed by atoms with E-state index in [1.807, 2.05) is 6.92 Å². The highest BCUT2D eigenvalue weighted by molar-refractivity contribution is 5.96. The van der Waals surface area contributed by atoms with Crippen LogP contribution in [-0.2, 0) is 9.59 Å². The van der Waals surface area contributed by atoms with Crippen molar-refractivity contribution in [3.63, 3.8) is 0 Å². The van der Waals surface area contributed by atoms with Gasteiger partial charge in [-0.15, -0.1) is 0 Å². The average molecular weight is 344 g/mol. The molecule has 1 aromatic rings. The first-order valence-corrected chi connectivity index (χ1v) is 9.16. The lowest BCUT2D eigenvalue weighted by Gasteiger charge is -2.61. The number of carbonyl (C=O) groups excluding carboxylic acids is 2. The van der Waals surface area contributed by atoms with Crippen LogP contribution in [0.15, 0.2) is 18.2 Å². The van der Waals surface area contributed by atoms with Crippen LogP contribution in [0.2, 0.25) is 0 Å². The molecular formula is C20H25FN2O2. The number of aryl methyl sites for hydroxylation is 1. The lowest BCUT2D eigenvalue weighted by atomic mass is 9.46. The Labute approximate surface area is 147 Å². The van der Waals surface area contributed by atoms with Gasteiger partial charge in [0.2, 0.25) is 11.8 Å². The molecule has 4 aliphatic rings.